The molecule has 20 heavy (non-hydrogen) atoms. The van der Waals surface area contributed by atoms with E-state index in [0.717, 1.165) is 0 Å². The SMILES string of the molecule is CC(C)(C[C@H](C[N+](=O)[O-])c1cc(F)cc(Br)c1)S(N)=O. The molecule has 0 aromatic heterocycles. The van der Waals surface area contributed by atoms with Gasteiger partial charge in [-0.15, -0.1) is 0 Å². The topological polar surface area (TPSA) is 86.2 Å². The Bertz CT molecular complexity index is 519. The maximum absolute atomic E-state index is 13.4. The molecule has 1 aromatic carbocycles. The van der Waals surface area contributed by atoms with Crippen LogP contribution in [0.25, 0.3) is 0 Å². The van der Waals surface area contributed by atoms with Crippen LogP contribution in [0, 0.1) is 15.9 Å². The molecule has 0 aliphatic carbocycles. The molecule has 0 saturated heterocycles. The zero-order chi connectivity index (χ0) is 15.5. The summed E-state index contributed by atoms with van der Waals surface area (Å²) in [5.41, 5.74) is 0.493. The first-order valence-electron chi connectivity index (χ1n) is 5.86. The fraction of sp³-hybridized carbons (Fsp3) is 0.500. The van der Waals surface area contributed by atoms with Crippen LogP contribution in [0.2, 0.25) is 0 Å². The largest absolute Gasteiger partial charge is 0.265 e. The second-order valence-corrected chi connectivity index (χ2v) is 7.79. The van der Waals surface area contributed by atoms with Gasteiger partial charge in [-0.1, -0.05) is 15.9 Å². The Hall–Kier alpha value is -0.860. The van der Waals surface area contributed by atoms with E-state index in [4.69, 9.17) is 5.14 Å². The van der Waals surface area contributed by atoms with Crippen molar-refractivity contribution in [3.63, 3.8) is 0 Å². The maximum atomic E-state index is 13.4. The van der Waals surface area contributed by atoms with Gasteiger partial charge in [0.25, 0.3) is 0 Å². The molecule has 0 fully saturated rings. The highest BCUT2D eigenvalue weighted by atomic mass is 79.9. The van der Waals surface area contributed by atoms with Gasteiger partial charge in [0.05, 0.1) is 21.7 Å². The molecule has 0 bridgehead atoms. The molecule has 1 aromatic rings. The molecule has 1 rings (SSSR count). The summed E-state index contributed by atoms with van der Waals surface area (Å²) in [6.07, 6.45) is 0.229. The van der Waals surface area contributed by atoms with Crippen LogP contribution in [0.3, 0.4) is 0 Å². The highest BCUT2D eigenvalue weighted by molar-refractivity contribution is 9.10. The molecule has 1 unspecified atom stereocenters. The van der Waals surface area contributed by atoms with Gasteiger partial charge >= 0.3 is 0 Å². The van der Waals surface area contributed by atoms with Gasteiger partial charge in [0.15, 0.2) is 0 Å². The molecule has 0 spiro atoms. The second-order valence-electron chi connectivity index (χ2n) is 5.18. The Morgan fingerprint density at radius 2 is 2.10 bits per heavy atom. The molecule has 0 amide bonds. The van der Waals surface area contributed by atoms with E-state index in [1.54, 1.807) is 19.9 Å². The van der Waals surface area contributed by atoms with Crippen LogP contribution in [0.15, 0.2) is 22.7 Å². The first-order chi connectivity index (χ1) is 9.11. The van der Waals surface area contributed by atoms with Crippen molar-refractivity contribution in [1.29, 1.82) is 0 Å². The Labute approximate surface area is 127 Å². The van der Waals surface area contributed by atoms with Gasteiger partial charge in [0.2, 0.25) is 6.54 Å². The van der Waals surface area contributed by atoms with Crippen molar-refractivity contribution in [1.82, 2.24) is 0 Å². The Balaban J connectivity index is 3.12. The average Bonchev–Trinajstić information content (AvgIpc) is 2.25. The van der Waals surface area contributed by atoms with Crippen LogP contribution < -0.4 is 5.14 Å². The predicted octanol–water partition coefficient (Wildman–Crippen LogP) is 2.74. The fourth-order valence-corrected chi connectivity index (χ4v) is 2.80. The van der Waals surface area contributed by atoms with Crippen LogP contribution in [0.1, 0.15) is 31.7 Å². The minimum atomic E-state index is -1.62. The average molecular weight is 367 g/mol. The summed E-state index contributed by atoms with van der Waals surface area (Å²) in [5, 5.41) is 16.2. The normalized spacial score (nSPS) is 14.8. The number of nitrogens with zero attached hydrogens (tertiary/aromatic N) is 1. The van der Waals surface area contributed by atoms with Gasteiger partial charge in [0.1, 0.15) is 5.82 Å². The van der Waals surface area contributed by atoms with Gasteiger partial charge in [-0.2, -0.15) is 0 Å². The zero-order valence-corrected chi connectivity index (χ0v) is 13.5. The van der Waals surface area contributed by atoms with Crippen molar-refractivity contribution in [3.05, 3.63) is 44.2 Å². The Morgan fingerprint density at radius 1 is 1.50 bits per heavy atom. The lowest BCUT2D eigenvalue weighted by Crippen LogP contribution is -2.35. The van der Waals surface area contributed by atoms with Crippen molar-refractivity contribution in [2.45, 2.75) is 30.9 Å². The summed E-state index contributed by atoms with van der Waals surface area (Å²) in [5.74, 6) is -1.03. The minimum Gasteiger partial charge on any atom is -0.265 e. The lowest BCUT2D eigenvalue weighted by atomic mass is 9.90. The molecule has 2 atom stereocenters. The molecule has 0 saturated carbocycles. The molecule has 2 N–H and O–H groups in total. The van der Waals surface area contributed by atoms with E-state index in [-0.39, 0.29) is 13.0 Å². The number of benzene rings is 1. The van der Waals surface area contributed by atoms with Gasteiger partial charge in [0, 0.05) is 9.40 Å². The van der Waals surface area contributed by atoms with Gasteiger partial charge in [-0.3, -0.25) is 15.3 Å². The standard InChI is InChI=1S/C12H16BrFN2O3S/c1-12(2,20(15)19)6-9(7-16(17)18)8-3-10(13)5-11(14)4-8/h3-5,9H,6-7,15H2,1-2H3/t9-,20?/m1/s1. The predicted molar refractivity (Wildman–Crippen MR) is 79.7 cm³/mol. The summed E-state index contributed by atoms with van der Waals surface area (Å²) in [4.78, 5) is 10.3. The molecule has 0 radical (unpaired) electrons. The van der Waals surface area contributed by atoms with Crippen LogP contribution in [-0.2, 0) is 11.0 Å². The highest BCUT2D eigenvalue weighted by Gasteiger charge is 2.31. The number of hydrogen-bond acceptors (Lipinski definition) is 3. The molecular formula is C12H16BrFN2O3S. The molecule has 5 nitrogen and oxygen atoms in total. The van der Waals surface area contributed by atoms with E-state index in [1.165, 1.54) is 12.1 Å². The van der Waals surface area contributed by atoms with E-state index in [2.05, 4.69) is 15.9 Å². The van der Waals surface area contributed by atoms with Crippen LogP contribution >= 0.6 is 15.9 Å². The molecule has 0 aliphatic heterocycles. The Kier molecular flexibility index (Phi) is 5.79. The summed E-state index contributed by atoms with van der Waals surface area (Å²) in [6.45, 7) is 2.98. The number of hydrogen-bond donors (Lipinski definition) is 1. The van der Waals surface area contributed by atoms with Gasteiger partial charge in [-0.25, -0.2) is 8.60 Å². The van der Waals surface area contributed by atoms with E-state index in [0.29, 0.717) is 10.0 Å². The van der Waals surface area contributed by atoms with Crippen LogP contribution in [0.4, 0.5) is 4.39 Å². The third kappa shape index (κ3) is 4.92. The number of rotatable bonds is 6. The minimum absolute atomic E-state index is 0.229. The zero-order valence-electron chi connectivity index (χ0n) is 11.1. The summed E-state index contributed by atoms with van der Waals surface area (Å²) in [6, 6.07) is 4.17. The van der Waals surface area contributed by atoms with Crippen molar-refractivity contribution >= 4 is 26.9 Å². The van der Waals surface area contributed by atoms with Crippen molar-refractivity contribution in [2.24, 2.45) is 5.14 Å². The molecule has 8 heteroatoms. The Morgan fingerprint density at radius 3 is 2.55 bits per heavy atom. The first-order valence-corrected chi connectivity index (χ1v) is 7.86. The third-order valence-corrected chi connectivity index (χ3v) is 4.72. The molecule has 0 aliphatic rings. The highest BCUT2D eigenvalue weighted by Crippen LogP contribution is 2.31. The summed E-state index contributed by atoms with van der Waals surface area (Å²) >= 11 is 3.16. The number of nitrogens with two attached hydrogens (primary N) is 1. The third-order valence-electron chi connectivity index (χ3n) is 3.01. The van der Waals surface area contributed by atoms with Crippen LogP contribution in [-0.4, -0.2) is 20.4 Å². The lowest BCUT2D eigenvalue weighted by Gasteiger charge is -2.25. The van der Waals surface area contributed by atoms with Crippen molar-refractivity contribution in [3.8, 4) is 0 Å². The van der Waals surface area contributed by atoms with E-state index in [9.17, 15) is 18.7 Å². The second kappa shape index (κ2) is 6.73. The van der Waals surface area contributed by atoms with Gasteiger partial charge in [-0.05, 0) is 44.0 Å². The van der Waals surface area contributed by atoms with E-state index >= 15 is 0 Å². The lowest BCUT2D eigenvalue weighted by molar-refractivity contribution is -0.483. The van der Waals surface area contributed by atoms with E-state index in [1.807, 2.05) is 0 Å². The maximum Gasteiger partial charge on any atom is 0.210 e. The van der Waals surface area contributed by atoms with Crippen LogP contribution in [0.5, 0.6) is 0 Å². The summed E-state index contributed by atoms with van der Waals surface area (Å²) < 4.78 is 24.6. The molecular weight excluding hydrogens is 351 g/mol. The summed E-state index contributed by atoms with van der Waals surface area (Å²) in [7, 11) is -1.62. The number of nitro groups is 1. The van der Waals surface area contributed by atoms with Crippen molar-refractivity contribution in [2.75, 3.05) is 6.54 Å². The van der Waals surface area contributed by atoms with E-state index < -0.39 is 32.4 Å². The fourth-order valence-electron chi connectivity index (χ4n) is 1.95. The molecule has 112 valence electrons. The van der Waals surface area contributed by atoms with Crippen molar-refractivity contribution < 1.29 is 13.5 Å². The quantitative estimate of drug-likeness (QED) is 0.620. The molecule has 0 heterocycles. The smallest absolute Gasteiger partial charge is 0.210 e. The van der Waals surface area contributed by atoms with Gasteiger partial charge < -0.3 is 0 Å². The number of halogens is 2. The first kappa shape index (κ1) is 17.2. The monoisotopic (exact) mass is 366 g/mol.